The summed E-state index contributed by atoms with van der Waals surface area (Å²) in [6.45, 7) is 0. The molecule has 0 fully saturated rings. The Hall–Kier alpha value is -1.05. The Kier molecular flexibility index (Phi) is 2.90. The summed E-state index contributed by atoms with van der Waals surface area (Å²) in [5.74, 6) is -0.728. The van der Waals surface area contributed by atoms with Gasteiger partial charge in [0.25, 0.3) is 0 Å². The lowest BCUT2D eigenvalue weighted by Gasteiger charge is -2.05. The Labute approximate surface area is 66.2 Å². The van der Waals surface area contributed by atoms with Crippen LogP contribution in [-0.4, -0.2) is 11.1 Å². The van der Waals surface area contributed by atoms with E-state index in [1.54, 1.807) is 0 Å². The molecular formula is C9H11O2. The molecule has 0 unspecified atom stereocenters. The monoisotopic (exact) mass is 151 g/mol. The van der Waals surface area contributed by atoms with Gasteiger partial charge in [-0.15, -0.1) is 0 Å². The molecule has 11 heavy (non-hydrogen) atoms. The Morgan fingerprint density at radius 1 is 1.64 bits per heavy atom. The highest BCUT2D eigenvalue weighted by molar-refractivity contribution is 5.67. The molecule has 0 saturated heterocycles. The summed E-state index contributed by atoms with van der Waals surface area (Å²) in [7, 11) is 0. The number of hydrogen-bond donors (Lipinski definition) is 1. The van der Waals surface area contributed by atoms with Gasteiger partial charge in [-0.1, -0.05) is 23.8 Å². The van der Waals surface area contributed by atoms with Crippen LogP contribution in [0, 0.1) is 6.42 Å². The molecule has 0 aromatic rings. The highest BCUT2D eigenvalue weighted by Crippen LogP contribution is 2.15. The van der Waals surface area contributed by atoms with E-state index in [-0.39, 0.29) is 6.42 Å². The maximum absolute atomic E-state index is 10.2. The maximum atomic E-state index is 10.2. The van der Waals surface area contributed by atoms with Crippen molar-refractivity contribution in [2.24, 2.45) is 0 Å². The van der Waals surface area contributed by atoms with Gasteiger partial charge in [-0.2, -0.15) is 0 Å². The van der Waals surface area contributed by atoms with Gasteiger partial charge >= 0.3 is 5.97 Å². The van der Waals surface area contributed by atoms with Gasteiger partial charge in [-0.3, -0.25) is 4.79 Å². The number of carboxylic acids is 1. The molecule has 2 heteroatoms. The van der Waals surface area contributed by atoms with Crippen molar-refractivity contribution < 1.29 is 9.90 Å². The highest BCUT2D eigenvalue weighted by Gasteiger charge is 2.02. The minimum atomic E-state index is -0.728. The SMILES string of the molecule is O=C(O)CCC1=CC=CC[CH]1. The molecule has 0 bridgehead atoms. The summed E-state index contributed by atoms with van der Waals surface area (Å²) in [4.78, 5) is 10.2. The molecule has 1 rings (SSSR count). The summed E-state index contributed by atoms with van der Waals surface area (Å²) in [5, 5.41) is 8.38. The van der Waals surface area contributed by atoms with E-state index in [9.17, 15) is 4.79 Å². The molecule has 1 radical (unpaired) electrons. The van der Waals surface area contributed by atoms with Gasteiger partial charge in [0, 0.05) is 6.42 Å². The van der Waals surface area contributed by atoms with Crippen LogP contribution in [0.3, 0.4) is 0 Å². The fourth-order valence-electron chi connectivity index (χ4n) is 0.994. The van der Waals surface area contributed by atoms with Crippen molar-refractivity contribution in [2.75, 3.05) is 0 Å². The van der Waals surface area contributed by atoms with Crippen molar-refractivity contribution in [3.8, 4) is 0 Å². The molecule has 1 aliphatic rings. The van der Waals surface area contributed by atoms with Gasteiger partial charge in [-0.05, 0) is 19.3 Å². The van der Waals surface area contributed by atoms with Crippen molar-refractivity contribution in [3.63, 3.8) is 0 Å². The molecule has 2 nitrogen and oxygen atoms in total. The van der Waals surface area contributed by atoms with Crippen LogP contribution in [0.5, 0.6) is 0 Å². The largest absolute Gasteiger partial charge is 0.481 e. The second-order valence-electron chi connectivity index (χ2n) is 2.50. The first-order chi connectivity index (χ1) is 5.29. The zero-order chi connectivity index (χ0) is 8.10. The predicted molar refractivity (Wildman–Crippen MR) is 43.0 cm³/mol. The van der Waals surface area contributed by atoms with Gasteiger partial charge in [-0.25, -0.2) is 0 Å². The molecule has 0 amide bonds. The van der Waals surface area contributed by atoms with Gasteiger partial charge in [0.05, 0.1) is 0 Å². The Balaban J connectivity index is 2.31. The van der Waals surface area contributed by atoms with Crippen LogP contribution in [0.2, 0.25) is 0 Å². The fourth-order valence-corrected chi connectivity index (χ4v) is 0.994. The maximum Gasteiger partial charge on any atom is 0.303 e. The molecule has 0 saturated carbocycles. The molecule has 0 atom stereocenters. The third-order valence-corrected chi connectivity index (χ3v) is 1.59. The quantitative estimate of drug-likeness (QED) is 0.669. The third-order valence-electron chi connectivity index (χ3n) is 1.59. The Morgan fingerprint density at radius 3 is 3.00 bits per heavy atom. The Morgan fingerprint density at radius 2 is 2.45 bits per heavy atom. The number of hydrogen-bond acceptors (Lipinski definition) is 1. The van der Waals surface area contributed by atoms with Crippen LogP contribution in [0.4, 0.5) is 0 Å². The van der Waals surface area contributed by atoms with E-state index in [4.69, 9.17) is 5.11 Å². The molecule has 0 aromatic carbocycles. The number of aliphatic carboxylic acids is 1. The van der Waals surface area contributed by atoms with Crippen LogP contribution in [0.1, 0.15) is 19.3 Å². The fraction of sp³-hybridized carbons (Fsp3) is 0.333. The summed E-state index contributed by atoms with van der Waals surface area (Å²) >= 11 is 0. The van der Waals surface area contributed by atoms with Gasteiger partial charge in [0.1, 0.15) is 0 Å². The lowest BCUT2D eigenvalue weighted by Crippen LogP contribution is -1.97. The minimum absolute atomic E-state index is 0.232. The molecule has 1 aliphatic carbocycles. The molecule has 0 spiro atoms. The van der Waals surface area contributed by atoms with Crippen molar-refractivity contribution in [1.29, 1.82) is 0 Å². The normalized spacial score (nSPS) is 16.2. The minimum Gasteiger partial charge on any atom is -0.481 e. The highest BCUT2D eigenvalue weighted by atomic mass is 16.4. The first-order valence-electron chi connectivity index (χ1n) is 3.70. The van der Waals surface area contributed by atoms with E-state index in [1.165, 1.54) is 0 Å². The van der Waals surface area contributed by atoms with E-state index in [2.05, 4.69) is 6.42 Å². The van der Waals surface area contributed by atoms with Crippen molar-refractivity contribution >= 4 is 5.97 Å². The summed E-state index contributed by atoms with van der Waals surface area (Å²) in [5.41, 5.74) is 1.13. The average molecular weight is 151 g/mol. The zero-order valence-corrected chi connectivity index (χ0v) is 6.29. The number of carboxylic acid groups (broad SMARTS) is 1. The number of allylic oxidation sites excluding steroid dienone is 4. The third kappa shape index (κ3) is 3.03. The van der Waals surface area contributed by atoms with Crippen LogP contribution < -0.4 is 0 Å². The van der Waals surface area contributed by atoms with Crippen LogP contribution in [0.15, 0.2) is 23.8 Å². The summed E-state index contributed by atoms with van der Waals surface area (Å²) in [6, 6.07) is 0. The van der Waals surface area contributed by atoms with Crippen molar-refractivity contribution in [1.82, 2.24) is 0 Å². The summed E-state index contributed by atoms with van der Waals surface area (Å²) < 4.78 is 0. The van der Waals surface area contributed by atoms with Crippen molar-refractivity contribution in [2.45, 2.75) is 19.3 Å². The zero-order valence-electron chi connectivity index (χ0n) is 6.29. The van der Waals surface area contributed by atoms with Gasteiger partial charge in [0.15, 0.2) is 0 Å². The van der Waals surface area contributed by atoms with E-state index < -0.39 is 5.97 Å². The van der Waals surface area contributed by atoms with Crippen LogP contribution >= 0.6 is 0 Å². The second-order valence-corrected chi connectivity index (χ2v) is 2.50. The molecule has 0 aromatic heterocycles. The topological polar surface area (TPSA) is 37.3 Å². The van der Waals surface area contributed by atoms with Crippen molar-refractivity contribution in [3.05, 3.63) is 30.2 Å². The standard InChI is InChI=1S/C9H11O2/c10-9(11)7-6-8-4-2-1-3-5-8/h1-2,4-5H,3,6-7H2,(H,10,11). The van der Waals surface area contributed by atoms with Crippen LogP contribution in [0.25, 0.3) is 0 Å². The predicted octanol–water partition coefficient (Wildman–Crippen LogP) is 1.94. The van der Waals surface area contributed by atoms with Gasteiger partial charge in [0.2, 0.25) is 0 Å². The second kappa shape index (κ2) is 3.96. The number of rotatable bonds is 3. The number of carbonyl (C=O) groups is 1. The van der Waals surface area contributed by atoms with E-state index in [0.717, 1.165) is 12.0 Å². The molecule has 0 aliphatic heterocycles. The summed E-state index contributed by atoms with van der Waals surface area (Å²) in [6.07, 6.45) is 9.86. The Bertz CT molecular complexity index is 202. The van der Waals surface area contributed by atoms with E-state index in [1.807, 2.05) is 18.2 Å². The molecule has 0 heterocycles. The first-order valence-corrected chi connectivity index (χ1v) is 3.70. The van der Waals surface area contributed by atoms with E-state index >= 15 is 0 Å². The lowest BCUT2D eigenvalue weighted by atomic mass is 10.0. The van der Waals surface area contributed by atoms with E-state index in [0.29, 0.717) is 6.42 Å². The van der Waals surface area contributed by atoms with Crippen LogP contribution in [-0.2, 0) is 4.79 Å². The van der Waals surface area contributed by atoms with Gasteiger partial charge < -0.3 is 5.11 Å². The smallest absolute Gasteiger partial charge is 0.303 e. The molecule has 59 valence electrons. The first kappa shape index (κ1) is 8.05. The molecular weight excluding hydrogens is 140 g/mol. The average Bonchev–Trinajstić information content (AvgIpc) is 2.03. The lowest BCUT2D eigenvalue weighted by molar-refractivity contribution is -0.136. The molecule has 1 N–H and O–H groups in total.